The Morgan fingerprint density at radius 3 is 2.72 bits per heavy atom. The van der Waals surface area contributed by atoms with E-state index in [1.54, 1.807) is 13.0 Å². The minimum Gasteiger partial charge on any atom is -0.455 e. The van der Waals surface area contributed by atoms with Crippen molar-refractivity contribution in [2.24, 2.45) is 0 Å². The number of rotatable bonds is 3. The van der Waals surface area contributed by atoms with Gasteiger partial charge in [-0.1, -0.05) is 12.1 Å². The summed E-state index contributed by atoms with van der Waals surface area (Å²) in [5.41, 5.74) is 0.599. The highest BCUT2D eigenvalue weighted by Gasteiger charge is 2.34. The molecule has 0 N–H and O–H groups in total. The van der Waals surface area contributed by atoms with E-state index in [0.717, 1.165) is 7.11 Å². The first kappa shape index (κ1) is 16.4. The summed E-state index contributed by atoms with van der Waals surface area (Å²) in [6.45, 7) is 1.50. The quantitative estimate of drug-likeness (QED) is 0.474. The third kappa shape index (κ3) is 2.75. The van der Waals surface area contributed by atoms with Crippen LogP contribution in [-0.4, -0.2) is 29.1 Å². The van der Waals surface area contributed by atoms with Crippen molar-refractivity contribution in [1.29, 1.82) is 0 Å². The Balaban J connectivity index is 2.36. The maximum Gasteiger partial charge on any atom is 0.513 e. The van der Waals surface area contributed by atoms with E-state index in [9.17, 15) is 19.7 Å². The SMILES string of the molecule is COC(=O)Oc1c(C)nc2c(c1-c1ccccc1[N+](=O)[O-])C(=O)OC2. The van der Waals surface area contributed by atoms with Crippen LogP contribution in [0.25, 0.3) is 11.1 Å². The lowest BCUT2D eigenvalue weighted by molar-refractivity contribution is -0.384. The van der Waals surface area contributed by atoms with Crippen LogP contribution in [0.4, 0.5) is 10.5 Å². The standard InChI is InChI=1S/C16H12N2O7/c1-8-14(25-16(20)23-2)12(13-10(17-8)7-24-15(13)19)9-5-3-4-6-11(9)18(21)22/h3-6H,7H2,1-2H3. The molecule has 9 heteroatoms. The molecule has 0 radical (unpaired) electrons. The van der Waals surface area contributed by atoms with Crippen LogP contribution in [-0.2, 0) is 16.1 Å². The molecule has 0 bridgehead atoms. The summed E-state index contributed by atoms with van der Waals surface area (Å²) in [4.78, 5) is 38.8. The molecule has 0 saturated carbocycles. The molecule has 1 aliphatic rings. The number of esters is 1. The number of aromatic nitrogens is 1. The number of nitro groups is 1. The third-order valence-electron chi connectivity index (χ3n) is 3.66. The monoisotopic (exact) mass is 344 g/mol. The van der Waals surface area contributed by atoms with Gasteiger partial charge in [0.25, 0.3) is 5.69 Å². The maximum absolute atomic E-state index is 12.2. The van der Waals surface area contributed by atoms with Crippen molar-refractivity contribution < 1.29 is 28.7 Å². The van der Waals surface area contributed by atoms with E-state index >= 15 is 0 Å². The number of hydrogen-bond acceptors (Lipinski definition) is 8. The van der Waals surface area contributed by atoms with E-state index < -0.39 is 17.0 Å². The van der Waals surface area contributed by atoms with Crippen molar-refractivity contribution in [2.45, 2.75) is 13.5 Å². The van der Waals surface area contributed by atoms with Crippen LogP contribution >= 0.6 is 0 Å². The van der Waals surface area contributed by atoms with Gasteiger partial charge in [-0.15, -0.1) is 0 Å². The minimum atomic E-state index is -1.03. The molecule has 2 aromatic rings. The van der Waals surface area contributed by atoms with Gasteiger partial charge in [0.05, 0.1) is 40.1 Å². The average Bonchev–Trinajstić information content (AvgIpc) is 2.95. The van der Waals surface area contributed by atoms with E-state index in [0.29, 0.717) is 5.69 Å². The van der Waals surface area contributed by atoms with Crippen LogP contribution in [0.5, 0.6) is 5.75 Å². The van der Waals surface area contributed by atoms with Crippen LogP contribution in [0.3, 0.4) is 0 Å². The highest BCUT2D eigenvalue weighted by Crippen LogP contribution is 2.43. The molecular formula is C16H12N2O7. The molecule has 1 aromatic heterocycles. The highest BCUT2D eigenvalue weighted by atomic mass is 16.7. The number of para-hydroxylation sites is 1. The van der Waals surface area contributed by atoms with Gasteiger partial charge in [-0.25, -0.2) is 14.6 Å². The number of benzene rings is 1. The molecule has 25 heavy (non-hydrogen) atoms. The fourth-order valence-electron chi connectivity index (χ4n) is 2.63. The van der Waals surface area contributed by atoms with E-state index in [-0.39, 0.29) is 40.4 Å². The molecule has 128 valence electrons. The second kappa shape index (κ2) is 6.19. The number of nitrogens with zero attached hydrogens (tertiary/aromatic N) is 2. The number of aryl methyl sites for hydroxylation is 1. The average molecular weight is 344 g/mol. The van der Waals surface area contributed by atoms with Gasteiger partial charge < -0.3 is 14.2 Å². The Labute approximate surface area is 141 Å². The third-order valence-corrected chi connectivity index (χ3v) is 3.66. The molecule has 0 spiro atoms. The van der Waals surface area contributed by atoms with Gasteiger partial charge in [0, 0.05) is 6.07 Å². The van der Waals surface area contributed by atoms with Crippen LogP contribution in [0, 0.1) is 17.0 Å². The van der Waals surface area contributed by atoms with Crippen LogP contribution in [0.15, 0.2) is 24.3 Å². The zero-order chi connectivity index (χ0) is 18.1. The smallest absolute Gasteiger partial charge is 0.455 e. The van der Waals surface area contributed by atoms with Crippen molar-refractivity contribution in [2.75, 3.05) is 7.11 Å². The molecular weight excluding hydrogens is 332 g/mol. The Bertz CT molecular complexity index is 908. The number of nitro benzene ring substituents is 1. The van der Waals surface area contributed by atoms with Gasteiger partial charge in [-0.2, -0.15) is 0 Å². The molecule has 0 saturated heterocycles. The molecule has 3 rings (SSSR count). The molecule has 0 fully saturated rings. The molecule has 2 heterocycles. The van der Waals surface area contributed by atoms with Gasteiger partial charge in [0.2, 0.25) is 0 Å². The summed E-state index contributed by atoms with van der Waals surface area (Å²) >= 11 is 0. The topological polar surface area (TPSA) is 118 Å². The molecule has 1 aromatic carbocycles. The van der Waals surface area contributed by atoms with E-state index in [4.69, 9.17) is 9.47 Å². The van der Waals surface area contributed by atoms with Crippen molar-refractivity contribution in [3.63, 3.8) is 0 Å². The lowest BCUT2D eigenvalue weighted by atomic mass is 9.96. The molecule has 0 amide bonds. The van der Waals surface area contributed by atoms with Gasteiger partial charge in [0.15, 0.2) is 5.75 Å². The zero-order valence-electron chi connectivity index (χ0n) is 13.3. The number of pyridine rings is 1. The molecule has 1 aliphatic heterocycles. The van der Waals surface area contributed by atoms with Gasteiger partial charge in [-0.3, -0.25) is 10.1 Å². The summed E-state index contributed by atoms with van der Waals surface area (Å²) in [5, 5.41) is 11.4. The number of hydrogen-bond donors (Lipinski definition) is 0. The van der Waals surface area contributed by atoms with Crippen molar-refractivity contribution >= 4 is 17.8 Å². The van der Waals surface area contributed by atoms with Crippen molar-refractivity contribution in [3.8, 4) is 16.9 Å². The number of ether oxygens (including phenoxy) is 3. The number of carbonyl (C=O) groups is 2. The fourth-order valence-corrected chi connectivity index (χ4v) is 2.63. The van der Waals surface area contributed by atoms with Crippen molar-refractivity contribution in [3.05, 3.63) is 51.3 Å². The van der Waals surface area contributed by atoms with Crippen molar-refractivity contribution in [1.82, 2.24) is 4.98 Å². The summed E-state index contributed by atoms with van der Waals surface area (Å²) in [7, 11) is 1.12. The Kier molecular flexibility index (Phi) is 4.05. The van der Waals surface area contributed by atoms with Gasteiger partial charge in [0.1, 0.15) is 6.61 Å². The zero-order valence-corrected chi connectivity index (χ0v) is 13.3. The lowest BCUT2D eigenvalue weighted by Gasteiger charge is -2.14. The van der Waals surface area contributed by atoms with E-state index in [1.165, 1.54) is 18.2 Å². The number of carbonyl (C=O) groups excluding carboxylic acids is 2. The summed E-state index contributed by atoms with van der Waals surface area (Å²) in [5.74, 6) is -0.774. The van der Waals surface area contributed by atoms with E-state index in [1.807, 2.05) is 0 Å². The summed E-state index contributed by atoms with van der Waals surface area (Å²) in [6.07, 6.45) is -1.03. The first-order valence-electron chi connectivity index (χ1n) is 7.14. The maximum atomic E-state index is 12.2. The fraction of sp³-hybridized carbons (Fsp3) is 0.188. The molecule has 0 unspecified atom stereocenters. The minimum absolute atomic E-state index is 0.0406. The molecule has 0 aliphatic carbocycles. The van der Waals surface area contributed by atoms with E-state index in [2.05, 4.69) is 9.72 Å². The Morgan fingerprint density at radius 1 is 1.32 bits per heavy atom. The van der Waals surface area contributed by atoms with Gasteiger partial charge >= 0.3 is 12.1 Å². The predicted octanol–water partition coefficient (Wildman–Crippen LogP) is 2.78. The number of cyclic esters (lactones) is 1. The first-order valence-corrected chi connectivity index (χ1v) is 7.14. The predicted molar refractivity (Wildman–Crippen MR) is 83.2 cm³/mol. The van der Waals surface area contributed by atoms with Crippen LogP contribution in [0.2, 0.25) is 0 Å². The number of methoxy groups -OCH3 is 1. The first-order chi connectivity index (χ1) is 11.9. The Morgan fingerprint density at radius 2 is 2.04 bits per heavy atom. The second-order valence-corrected chi connectivity index (χ2v) is 5.13. The van der Waals surface area contributed by atoms with Crippen LogP contribution < -0.4 is 4.74 Å². The lowest BCUT2D eigenvalue weighted by Crippen LogP contribution is -2.12. The highest BCUT2D eigenvalue weighted by molar-refractivity contribution is 6.03. The van der Waals surface area contributed by atoms with Crippen LogP contribution in [0.1, 0.15) is 21.7 Å². The normalized spacial score (nSPS) is 12.3. The Hall–Kier alpha value is -3.49. The van der Waals surface area contributed by atoms with Gasteiger partial charge in [-0.05, 0) is 13.0 Å². The number of fused-ring (bicyclic) bond motifs is 1. The summed E-state index contributed by atoms with van der Waals surface area (Å²) < 4.78 is 14.6. The summed E-state index contributed by atoms with van der Waals surface area (Å²) in [6, 6.07) is 5.82. The second-order valence-electron chi connectivity index (χ2n) is 5.13. The molecule has 9 nitrogen and oxygen atoms in total. The largest absolute Gasteiger partial charge is 0.513 e. The molecule has 0 atom stereocenters.